The number of carbonyl (C=O) groups is 1. The molecule has 0 atom stereocenters. The molecule has 1 amide bonds. The topological polar surface area (TPSA) is 61.1 Å². The van der Waals surface area contributed by atoms with E-state index in [2.05, 4.69) is 0 Å². The van der Waals surface area contributed by atoms with Crippen LogP contribution in [-0.2, 0) is 6.54 Å². The number of aryl methyl sites for hydroxylation is 1. The molecule has 0 radical (unpaired) electrons. The van der Waals surface area contributed by atoms with Crippen LogP contribution in [0.2, 0.25) is 0 Å². The Labute approximate surface area is 154 Å². The van der Waals surface area contributed by atoms with Crippen LogP contribution in [-0.4, -0.2) is 37.7 Å². The second kappa shape index (κ2) is 9.17. The van der Waals surface area contributed by atoms with E-state index in [0.29, 0.717) is 49.2 Å². The highest BCUT2D eigenvalue weighted by atomic mass is 16.5. The molecule has 6 nitrogen and oxygen atoms in total. The van der Waals surface area contributed by atoms with Crippen LogP contribution in [0.5, 0.6) is 17.2 Å². The Hall–Kier alpha value is -2.63. The summed E-state index contributed by atoms with van der Waals surface area (Å²) >= 11 is 0. The zero-order valence-corrected chi connectivity index (χ0v) is 16.1. The lowest BCUT2D eigenvalue weighted by Crippen LogP contribution is -2.26. The van der Waals surface area contributed by atoms with E-state index in [4.69, 9.17) is 18.6 Å². The quantitative estimate of drug-likeness (QED) is 0.674. The zero-order valence-electron chi connectivity index (χ0n) is 16.1. The second-order valence-electron chi connectivity index (χ2n) is 5.77. The standard InChI is InChI=1S/C20H27NO5/c1-6-23-17-11-15(12-18(24-7-2)19(17)25-8-3)20(22)21(5)13-16-10-9-14(4)26-16/h9-12H,6-8,13H2,1-5H3. The van der Waals surface area contributed by atoms with Crippen LogP contribution in [0.4, 0.5) is 0 Å². The lowest BCUT2D eigenvalue weighted by molar-refractivity contribution is 0.0774. The molecule has 0 aliphatic rings. The predicted octanol–water partition coefficient (Wildman–Crippen LogP) is 4.06. The molecule has 0 spiro atoms. The van der Waals surface area contributed by atoms with Crippen LogP contribution in [0.25, 0.3) is 0 Å². The van der Waals surface area contributed by atoms with E-state index in [-0.39, 0.29) is 5.91 Å². The molecule has 0 unspecified atom stereocenters. The van der Waals surface area contributed by atoms with Gasteiger partial charge in [-0.3, -0.25) is 4.79 Å². The van der Waals surface area contributed by atoms with E-state index in [9.17, 15) is 4.79 Å². The van der Waals surface area contributed by atoms with Gasteiger partial charge in [-0.05, 0) is 52.0 Å². The molecular weight excluding hydrogens is 334 g/mol. The first-order valence-corrected chi connectivity index (χ1v) is 8.87. The zero-order chi connectivity index (χ0) is 19.1. The summed E-state index contributed by atoms with van der Waals surface area (Å²) in [6.07, 6.45) is 0. The van der Waals surface area contributed by atoms with Gasteiger partial charge >= 0.3 is 0 Å². The van der Waals surface area contributed by atoms with Crippen LogP contribution in [0, 0.1) is 6.92 Å². The monoisotopic (exact) mass is 361 g/mol. The fourth-order valence-electron chi connectivity index (χ4n) is 2.61. The van der Waals surface area contributed by atoms with Gasteiger partial charge in [0, 0.05) is 12.6 Å². The minimum absolute atomic E-state index is 0.149. The molecule has 0 saturated carbocycles. The van der Waals surface area contributed by atoms with E-state index in [0.717, 1.165) is 11.5 Å². The molecule has 1 aromatic heterocycles. The van der Waals surface area contributed by atoms with Gasteiger partial charge in [0.25, 0.3) is 5.91 Å². The molecule has 0 N–H and O–H groups in total. The fraction of sp³-hybridized carbons (Fsp3) is 0.450. The third kappa shape index (κ3) is 4.71. The Morgan fingerprint density at radius 2 is 1.58 bits per heavy atom. The van der Waals surface area contributed by atoms with Gasteiger partial charge in [-0.2, -0.15) is 0 Å². The maximum Gasteiger partial charge on any atom is 0.254 e. The molecule has 0 saturated heterocycles. The Kier molecular flexibility index (Phi) is 6.95. The van der Waals surface area contributed by atoms with E-state index in [1.54, 1.807) is 24.1 Å². The summed E-state index contributed by atoms with van der Waals surface area (Å²) in [6.45, 7) is 9.32. The van der Waals surface area contributed by atoms with Crippen molar-refractivity contribution >= 4 is 5.91 Å². The molecular formula is C20H27NO5. The minimum Gasteiger partial charge on any atom is -0.490 e. The van der Waals surface area contributed by atoms with Gasteiger partial charge in [-0.1, -0.05) is 0 Å². The maximum atomic E-state index is 12.9. The summed E-state index contributed by atoms with van der Waals surface area (Å²) in [6, 6.07) is 7.14. The van der Waals surface area contributed by atoms with Crippen molar-refractivity contribution in [2.45, 2.75) is 34.2 Å². The van der Waals surface area contributed by atoms with Crippen LogP contribution in [0.15, 0.2) is 28.7 Å². The average molecular weight is 361 g/mol. The molecule has 0 aliphatic heterocycles. The lowest BCUT2D eigenvalue weighted by atomic mass is 10.1. The lowest BCUT2D eigenvalue weighted by Gasteiger charge is -2.20. The third-order valence-corrected chi connectivity index (χ3v) is 3.69. The van der Waals surface area contributed by atoms with E-state index >= 15 is 0 Å². The second-order valence-corrected chi connectivity index (χ2v) is 5.77. The van der Waals surface area contributed by atoms with Gasteiger partial charge in [0.2, 0.25) is 5.75 Å². The third-order valence-electron chi connectivity index (χ3n) is 3.69. The SMILES string of the molecule is CCOc1cc(C(=O)N(C)Cc2ccc(C)o2)cc(OCC)c1OCC. The van der Waals surface area contributed by atoms with Crippen LogP contribution in [0.1, 0.15) is 42.6 Å². The first kappa shape index (κ1) is 19.7. The van der Waals surface area contributed by atoms with Crippen molar-refractivity contribution in [1.29, 1.82) is 0 Å². The smallest absolute Gasteiger partial charge is 0.254 e. The van der Waals surface area contributed by atoms with Crippen molar-refractivity contribution in [2.75, 3.05) is 26.9 Å². The van der Waals surface area contributed by atoms with E-state index in [1.165, 1.54) is 0 Å². The molecule has 0 bridgehead atoms. The molecule has 142 valence electrons. The largest absolute Gasteiger partial charge is 0.490 e. The van der Waals surface area contributed by atoms with Gasteiger partial charge in [0.1, 0.15) is 11.5 Å². The van der Waals surface area contributed by atoms with Crippen LogP contribution >= 0.6 is 0 Å². The van der Waals surface area contributed by atoms with Gasteiger partial charge < -0.3 is 23.5 Å². The highest BCUT2D eigenvalue weighted by Crippen LogP contribution is 2.39. The summed E-state index contributed by atoms with van der Waals surface area (Å²) in [5.41, 5.74) is 0.478. The predicted molar refractivity (Wildman–Crippen MR) is 99.2 cm³/mol. The van der Waals surface area contributed by atoms with Crippen molar-refractivity contribution in [3.8, 4) is 17.2 Å². The first-order chi connectivity index (χ1) is 12.5. The number of ether oxygens (including phenoxy) is 3. The number of hydrogen-bond acceptors (Lipinski definition) is 5. The van der Waals surface area contributed by atoms with Gasteiger partial charge in [-0.15, -0.1) is 0 Å². The fourth-order valence-corrected chi connectivity index (χ4v) is 2.61. The van der Waals surface area contributed by atoms with E-state index < -0.39 is 0 Å². The number of furan rings is 1. The number of hydrogen-bond donors (Lipinski definition) is 0. The number of amides is 1. The normalized spacial score (nSPS) is 10.5. The van der Waals surface area contributed by atoms with E-state index in [1.807, 2.05) is 39.8 Å². The number of benzene rings is 1. The summed E-state index contributed by atoms with van der Waals surface area (Å²) in [7, 11) is 1.73. The van der Waals surface area contributed by atoms with Crippen molar-refractivity contribution < 1.29 is 23.4 Å². The summed E-state index contributed by atoms with van der Waals surface area (Å²) < 4.78 is 22.6. The highest BCUT2D eigenvalue weighted by Gasteiger charge is 2.21. The molecule has 0 fully saturated rings. The van der Waals surface area contributed by atoms with Crippen molar-refractivity contribution in [3.63, 3.8) is 0 Å². The van der Waals surface area contributed by atoms with Crippen molar-refractivity contribution in [1.82, 2.24) is 4.90 Å². The molecule has 26 heavy (non-hydrogen) atoms. The highest BCUT2D eigenvalue weighted by molar-refractivity contribution is 5.95. The Balaban J connectivity index is 2.32. The first-order valence-electron chi connectivity index (χ1n) is 8.87. The van der Waals surface area contributed by atoms with Gasteiger partial charge in [0.15, 0.2) is 11.5 Å². The Morgan fingerprint density at radius 1 is 1.00 bits per heavy atom. The van der Waals surface area contributed by atoms with Gasteiger partial charge in [0.05, 0.1) is 26.4 Å². The number of carbonyl (C=O) groups excluding carboxylic acids is 1. The number of rotatable bonds is 9. The van der Waals surface area contributed by atoms with Crippen LogP contribution in [0.3, 0.4) is 0 Å². The average Bonchev–Trinajstić information content (AvgIpc) is 3.02. The molecule has 6 heteroatoms. The van der Waals surface area contributed by atoms with Crippen LogP contribution < -0.4 is 14.2 Å². The van der Waals surface area contributed by atoms with Gasteiger partial charge in [-0.25, -0.2) is 0 Å². The summed E-state index contributed by atoms with van der Waals surface area (Å²) in [5.74, 6) is 2.94. The maximum absolute atomic E-state index is 12.9. The summed E-state index contributed by atoms with van der Waals surface area (Å²) in [5, 5.41) is 0. The molecule has 1 heterocycles. The molecule has 1 aromatic carbocycles. The Bertz CT molecular complexity index is 711. The summed E-state index contributed by atoms with van der Waals surface area (Å²) in [4.78, 5) is 14.5. The Morgan fingerprint density at radius 3 is 2.04 bits per heavy atom. The van der Waals surface area contributed by atoms with Crippen molar-refractivity contribution in [2.24, 2.45) is 0 Å². The molecule has 2 rings (SSSR count). The minimum atomic E-state index is -0.149. The molecule has 2 aromatic rings. The molecule has 0 aliphatic carbocycles. The number of nitrogens with zero attached hydrogens (tertiary/aromatic N) is 1. The van der Waals surface area contributed by atoms with Crippen molar-refractivity contribution in [3.05, 3.63) is 41.3 Å².